The minimum atomic E-state index is 0.722. The monoisotopic (exact) mass is 227 g/mol. The van der Waals surface area contributed by atoms with E-state index in [4.69, 9.17) is 9.47 Å². The number of nitrogens with zero attached hydrogens (tertiary/aromatic N) is 2. The zero-order valence-corrected chi connectivity index (χ0v) is 10.1. The van der Waals surface area contributed by atoms with E-state index in [1.165, 1.54) is 0 Å². The molecule has 0 bridgehead atoms. The summed E-state index contributed by atoms with van der Waals surface area (Å²) >= 11 is 0. The molecule has 1 rings (SSSR count). The summed E-state index contributed by atoms with van der Waals surface area (Å²) in [6.45, 7) is 6.68. The van der Waals surface area contributed by atoms with Gasteiger partial charge in [-0.15, -0.1) is 0 Å². The van der Waals surface area contributed by atoms with Crippen molar-refractivity contribution in [2.45, 2.75) is 20.0 Å². The maximum absolute atomic E-state index is 5.32. The fourth-order valence-electron chi connectivity index (χ4n) is 1.39. The Hall–Kier alpha value is -0.910. The van der Waals surface area contributed by atoms with Gasteiger partial charge in [0.1, 0.15) is 5.82 Å². The molecule has 1 aromatic rings. The molecule has 0 aromatic carbocycles. The second kappa shape index (κ2) is 8.27. The summed E-state index contributed by atoms with van der Waals surface area (Å²) in [4.78, 5) is 4.30. The first kappa shape index (κ1) is 13.2. The van der Waals surface area contributed by atoms with E-state index in [0.717, 1.165) is 45.3 Å². The van der Waals surface area contributed by atoms with Gasteiger partial charge in [0.25, 0.3) is 0 Å². The summed E-state index contributed by atoms with van der Waals surface area (Å²) in [6, 6.07) is 0. The molecule has 0 saturated carbocycles. The number of ether oxygens (including phenoxy) is 2. The summed E-state index contributed by atoms with van der Waals surface area (Å²) in [6.07, 6.45) is 3.80. The molecule has 1 heterocycles. The van der Waals surface area contributed by atoms with Gasteiger partial charge in [0.05, 0.1) is 19.8 Å². The maximum Gasteiger partial charge on any atom is 0.122 e. The topological polar surface area (TPSA) is 48.3 Å². The van der Waals surface area contributed by atoms with Crippen molar-refractivity contribution >= 4 is 0 Å². The van der Waals surface area contributed by atoms with Crippen molar-refractivity contribution in [1.82, 2.24) is 14.9 Å². The van der Waals surface area contributed by atoms with E-state index in [0.29, 0.717) is 0 Å². The molecule has 0 unspecified atom stereocenters. The third-order valence-corrected chi connectivity index (χ3v) is 2.25. The Morgan fingerprint density at radius 3 is 3.06 bits per heavy atom. The quantitative estimate of drug-likeness (QED) is 0.629. The first-order chi connectivity index (χ1) is 7.88. The lowest BCUT2D eigenvalue weighted by atomic mass is 10.5. The van der Waals surface area contributed by atoms with E-state index >= 15 is 0 Å². The lowest BCUT2D eigenvalue weighted by Gasteiger charge is -2.08. The summed E-state index contributed by atoms with van der Waals surface area (Å²) in [7, 11) is 1.70. The standard InChI is InChI=1S/C11H21N3O2/c1-3-16-9-7-14-6-4-13-11(14)10-12-5-8-15-2/h4,6,12H,3,5,7-10H2,1-2H3. The number of hydrogen-bond donors (Lipinski definition) is 1. The van der Waals surface area contributed by atoms with Crippen molar-refractivity contribution in [3.63, 3.8) is 0 Å². The highest BCUT2D eigenvalue weighted by Crippen LogP contribution is 1.97. The molecule has 16 heavy (non-hydrogen) atoms. The molecule has 1 aromatic heterocycles. The van der Waals surface area contributed by atoms with Gasteiger partial charge in [-0.1, -0.05) is 0 Å². The molecule has 0 amide bonds. The number of methoxy groups -OCH3 is 1. The minimum absolute atomic E-state index is 0.722. The van der Waals surface area contributed by atoms with Crippen LogP contribution in [0.2, 0.25) is 0 Å². The van der Waals surface area contributed by atoms with Crippen LogP contribution in [0, 0.1) is 0 Å². The Labute approximate surface area is 96.8 Å². The van der Waals surface area contributed by atoms with Crippen molar-refractivity contribution < 1.29 is 9.47 Å². The van der Waals surface area contributed by atoms with Gasteiger partial charge >= 0.3 is 0 Å². The number of nitrogens with one attached hydrogen (secondary N) is 1. The Kier molecular flexibility index (Phi) is 6.80. The smallest absolute Gasteiger partial charge is 0.122 e. The number of imidazole rings is 1. The Morgan fingerprint density at radius 2 is 2.31 bits per heavy atom. The molecule has 0 saturated heterocycles. The predicted molar refractivity (Wildman–Crippen MR) is 62.3 cm³/mol. The minimum Gasteiger partial charge on any atom is -0.383 e. The zero-order chi connectivity index (χ0) is 11.6. The van der Waals surface area contributed by atoms with Gasteiger partial charge < -0.3 is 19.4 Å². The van der Waals surface area contributed by atoms with E-state index < -0.39 is 0 Å². The normalized spacial score (nSPS) is 10.9. The van der Waals surface area contributed by atoms with E-state index in [-0.39, 0.29) is 0 Å². The molecule has 5 nitrogen and oxygen atoms in total. The van der Waals surface area contributed by atoms with E-state index in [1.54, 1.807) is 7.11 Å². The van der Waals surface area contributed by atoms with Crippen LogP contribution in [0.15, 0.2) is 12.4 Å². The average molecular weight is 227 g/mol. The van der Waals surface area contributed by atoms with Crippen LogP contribution in [0.5, 0.6) is 0 Å². The molecule has 0 spiro atoms. The Balaban J connectivity index is 2.26. The number of rotatable bonds is 9. The van der Waals surface area contributed by atoms with Gasteiger partial charge in [0.15, 0.2) is 0 Å². The van der Waals surface area contributed by atoms with Gasteiger partial charge in [-0.25, -0.2) is 4.98 Å². The molecule has 5 heteroatoms. The van der Waals surface area contributed by atoms with Crippen molar-refractivity contribution in [1.29, 1.82) is 0 Å². The summed E-state index contributed by atoms with van der Waals surface area (Å²) in [5.41, 5.74) is 0. The third-order valence-electron chi connectivity index (χ3n) is 2.25. The lowest BCUT2D eigenvalue weighted by Crippen LogP contribution is -2.21. The van der Waals surface area contributed by atoms with E-state index in [9.17, 15) is 0 Å². The predicted octanol–water partition coefficient (Wildman–Crippen LogP) is 0.656. The van der Waals surface area contributed by atoms with Crippen molar-refractivity contribution in [3.8, 4) is 0 Å². The molecule has 0 aliphatic rings. The second-order valence-corrected chi connectivity index (χ2v) is 3.40. The van der Waals surface area contributed by atoms with Crippen LogP contribution in [0.4, 0.5) is 0 Å². The van der Waals surface area contributed by atoms with Gasteiger partial charge in [-0.05, 0) is 6.92 Å². The van der Waals surface area contributed by atoms with E-state index in [1.807, 2.05) is 19.3 Å². The average Bonchev–Trinajstić information content (AvgIpc) is 2.73. The summed E-state index contributed by atoms with van der Waals surface area (Å²) in [5, 5.41) is 3.27. The van der Waals surface area contributed by atoms with E-state index in [2.05, 4.69) is 14.9 Å². The van der Waals surface area contributed by atoms with Gasteiger partial charge in [-0.3, -0.25) is 0 Å². The van der Waals surface area contributed by atoms with Crippen LogP contribution in [0.1, 0.15) is 12.7 Å². The molecule has 0 atom stereocenters. The van der Waals surface area contributed by atoms with Crippen molar-refractivity contribution in [3.05, 3.63) is 18.2 Å². The molecule has 0 fully saturated rings. The molecular formula is C11H21N3O2. The highest BCUT2D eigenvalue weighted by molar-refractivity contribution is 4.91. The fraction of sp³-hybridized carbons (Fsp3) is 0.727. The van der Waals surface area contributed by atoms with Crippen LogP contribution >= 0.6 is 0 Å². The molecular weight excluding hydrogens is 206 g/mol. The molecule has 0 aliphatic carbocycles. The highest BCUT2D eigenvalue weighted by Gasteiger charge is 2.01. The summed E-state index contributed by atoms with van der Waals surface area (Å²) in [5.74, 6) is 1.04. The second-order valence-electron chi connectivity index (χ2n) is 3.40. The number of aromatic nitrogens is 2. The fourth-order valence-corrected chi connectivity index (χ4v) is 1.39. The van der Waals surface area contributed by atoms with Crippen molar-refractivity contribution in [2.75, 3.05) is 33.5 Å². The Bertz CT molecular complexity index is 276. The number of hydrogen-bond acceptors (Lipinski definition) is 4. The van der Waals surface area contributed by atoms with Crippen LogP contribution in [0.3, 0.4) is 0 Å². The van der Waals surface area contributed by atoms with Crippen LogP contribution in [-0.4, -0.2) is 43.0 Å². The molecule has 92 valence electrons. The molecule has 1 N–H and O–H groups in total. The maximum atomic E-state index is 5.32. The summed E-state index contributed by atoms with van der Waals surface area (Å²) < 4.78 is 12.4. The van der Waals surface area contributed by atoms with Crippen molar-refractivity contribution in [2.24, 2.45) is 0 Å². The SMILES string of the molecule is CCOCCn1ccnc1CNCCOC. The largest absolute Gasteiger partial charge is 0.383 e. The lowest BCUT2D eigenvalue weighted by molar-refractivity contribution is 0.138. The van der Waals surface area contributed by atoms with Gasteiger partial charge in [-0.2, -0.15) is 0 Å². The first-order valence-corrected chi connectivity index (χ1v) is 5.66. The van der Waals surface area contributed by atoms with Crippen LogP contribution in [0.25, 0.3) is 0 Å². The van der Waals surface area contributed by atoms with Gasteiger partial charge in [0, 0.05) is 39.2 Å². The molecule has 0 radical (unpaired) electrons. The Morgan fingerprint density at radius 1 is 1.44 bits per heavy atom. The zero-order valence-electron chi connectivity index (χ0n) is 10.1. The highest BCUT2D eigenvalue weighted by atomic mass is 16.5. The third kappa shape index (κ3) is 4.74. The van der Waals surface area contributed by atoms with Crippen LogP contribution in [-0.2, 0) is 22.6 Å². The first-order valence-electron chi connectivity index (χ1n) is 5.66. The van der Waals surface area contributed by atoms with Crippen LogP contribution < -0.4 is 5.32 Å². The molecule has 0 aliphatic heterocycles. The van der Waals surface area contributed by atoms with Gasteiger partial charge in [0.2, 0.25) is 0 Å².